The summed E-state index contributed by atoms with van der Waals surface area (Å²) in [6, 6.07) is 1.02. The Balaban J connectivity index is 1.81. The van der Waals surface area contributed by atoms with E-state index >= 15 is 0 Å². The van der Waals surface area contributed by atoms with Gasteiger partial charge < -0.3 is 15.8 Å². The summed E-state index contributed by atoms with van der Waals surface area (Å²) >= 11 is 0. The molecule has 0 aromatic carbocycles. The van der Waals surface area contributed by atoms with Crippen LogP contribution in [0, 0.1) is 11.8 Å². The largest absolute Gasteiger partial charge is 0.411 e. The molecule has 0 aliphatic carbocycles. The van der Waals surface area contributed by atoms with Crippen LogP contribution in [0.5, 0.6) is 5.88 Å². The van der Waals surface area contributed by atoms with Crippen LogP contribution in [-0.4, -0.2) is 41.9 Å². The Hall–Kier alpha value is -4.03. The second-order valence-corrected chi connectivity index (χ2v) is 4.99. The second kappa shape index (κ2) is 7.07. The third-order valence-electron chi connectivity index (χ3n) is 3.20. The van der Waals surface area contributed by atoms with Gasteiger partial charge in [0.2, 0.25) is 5.95 Å². The maximum absolute atomic E-state index is 13.6. The number of hydrogen-bond donors (Lipinski definition) is 2. The number of nitrogens with two attached hydrogens (primary N) is 1. The van der Waals surface area contributed by atoms with Crippen LogP contribution in [0.4, 0.5) is 19.4 Å². The number of aromatic nitrogens is 6. The predicted octanol–water partition coefficient (Wildman–Crippen LogP) is 0.655. The van der Waals surface area contributed by atoms with Crippen LogP contribution in [-0.2, 0) is 7.05 Å². The summed E-state index contributed by atoms with van der Waals surface area (Å²) in [6.07, 6.45) is 2.24. The number of nitrogens with zero attached hydrogens (tertiary/aromatic N) is 6. The zero-order chi connectivity index (χ0) is 19.6. The number of ether oxygens (including phenoxy) is 1. The number of carbonyl (C=O) groups excluding carboxylic acids is 2. The number of primary amides is 1. The van der Waals surface area contributed by atoms with E-state index < -0.39 is 29.3 Å². The zero-order valence-corrected chi connectivity index (χ0v) is 13.6. The van der Waals surface area contributed by atoms with Crippen LogP contribution in [0.25, 0.3) is 11.4 Å². The summed E-state index contributed by atoms with van der Waals surface area (Å²) < 4.78 is 32.7. The van der Waals surface area contributed by atoms with E-state index in [4.69, 9.17) is 10.5 Å². The Morgan fingerprint density at radius 1 is 1.22 bits per heavy atom. The van der Waals surface area contributed by atoms with Crippen molar-refractivity contribution in [2.45, 2.75) is 0 Å². The molecule has 0 radical (unpaired) electrons. The fourth-order valence-corrected chi connectivity index (χ4v) is 2.01. The molecule has 13 heteroatoms. The van der Waals surface area contributed by atoms with Crippen LogP contribution in [0.1, 0.15) is 10.4 Å². The van der Waals surface area contributed by atoms with Crippen LogP contribution in [0.3, 0.4) is 0 Å². The Morgan fingerprint density at radius 3 is 2.67 bits per heavy atom. The Kier molecular flexibility index (Phi) is 4.66. The molecule has 0 aliphatic heterocycles. The smallest absolute Gasteiger partial charge is 0.389 e. The van der Waals surface area contributed by atoms with Gasteiger partial charge in [-0.3, -0.25) is 4.79 Å². The van der Waals surface area contributed by atoms with Crippen LogP contribution < -0.4 is 15.8 Å². The van der Waals surface area contributed by atoms with Gasteiger partial charge in [0.25, 0.3) is 11.8 Å². The molecular formula is C14H10F2N8O3. The van der Waals surface area contributed by atoms with Gasteiger partial charge in [0.15, 0.2) is 17.3 Å². The maximum Gasteiger partial charge on any atom is 0.411 e. The van der Waals surface area contributed by atoms with Crippen molar-refractivity contribution < 1.29 is 23.1 Å². The molecule has 0 aliphatic rings. The molecule has 3 N–H and O–H groups in total. The van der Waals surface area contributed by atoms with E-state index in [0.29, 0.717) is 0 Å². The lowest BCUT2D eigenvalue weighted by Gasteiger charge is -2.06. The minimum absolute atomic E-state index is 0.0402. The van der Waals surface area contributed by atoms with Crippen molar-refractivity contribution in [2.24, 2.45) is 12.8 Å². The first-order chi connectivity index (χ1) is 12.9. The molecule has 0 unspecified atom stereocenters. The van der Waals surface area contributed by atoms with E-state index in [2.05, 4.69) is 30.6 Å². The molecule has 3 aromatic rings. The first-order valence-corrected chi connectivity index (χ1v) is 7.17. The van der Waals surface area contributed by atoms with Gasteiger partial charge in [-0.1, -0.05) is 5.21 Å². The number of anilines is 1. The number of halogens is 2. The highest BCUT2D eigenvalue weighted by atomic mass is 19.2. The van der Waals surface area contributed by atoms with Gasteiger partial charge in [0.1, 0.15) is 5.69 Å². The Morgan fingerprint density at radius 2 is 2.00 bits per heavy atom. The summed E-state index contributed by atoms with van der Waals surface area (Å²) in [5.74, 6) is -3.81. The van der Waals surface area contributed by atoms with E-state index in [9.17, 15) is 18.4 Å². The molecule has 3 rings (SSSR count). The van der Waals surface area contributed by atoms with Crippen molar-refractivity contribution in [1.82, 2.24) is 29.9 Å². The molecule has 2 amide bonds. The lowest BCUT2D eigenvalue weighted by atomic mass is 10.2. The molecule has 0 bridgehead atoms. The average molecular weight is 376 g/mol. The van der Waals surface area contributed by atoms with Crippen molar-refractivity contribution in [3.63, 3.8) is 0 Å². The minimum atomic E-state index is -1.39. The predicted molar refractivity (Wildman–Crippen MR) is 84.3 cm³/mol. The molecule has 11 nitrogen and oxygen atoms in total. The number of carbonyl (C=O) groups is 2. The van der Waals surface area contributed by atoms with Crippen molar-refractivity contribution in [3.05, 3.63) is 42.0 Å². The molecule has 0 saturated carbocycles. The number of hydrogen-bond acceptors (Lipinski definition) is 8. The molecular weight excluding hydrogens is 366 g/mol. The minimum Gasteiger partial charge on any atom is -0.389 e. The molecule has 27 heavy (non-hydrogen) atoms. The third-order valence-corrected chi connectivity index (χ3v) is 3.20. The zero-order valence-electron chi connectivity index (χ0n) is 13.6. The number of nitrogens with one attached hydrogen (secondary N) is 1. The van der Waals surface area contributed by atoms with E-state index in [0.717, 1.165) is 23.1 Å². The highest BCUT2D eigenvalue weighted by molar-refractivity contribution is 6.03. The Bertz CT molecular complexity index is 1020. The van der Waals surface area contributed by atoms with Gasteiger partial charge in [-0.05, 0) is 6.07 Å². The van der Waals surface area contributed by atoms with Gasteiger partial charge in [0, 0.05) is 13.2 Å². The second-order valence-electron chi connectivity index (χ2n) is 4.99. The van der Waals surface area contributed by atoms with Crippen molar-refractivity contribution in [3.8, 4) is 17.3 Å². The maximum atomic E-state index is 13.6. The highest BCUT2D eigenvalue weighted by Crippen LogP contribution is 2.25. The lowest BCUT2D eigenvalue weighted by molar-refractivity contribution is 0.102. The summed E-state index contributed by atoms with van der Waals surface area (Å²) in [5, 5.41) is 9.74. The van der Waals surface area contributed by atoms with Crippen LogP contribution >= 0.6 is 0 Å². The summed E-state index contributed by atoms with van der Waals surface area (Å²) in [4.78, 5) is 34.0. The molecule has 0 fully saturated rings. The lowest BCUT2D eigenvalue weighted by Crippen LogP contribution is -2.18. The molecule has 3 aromatic heterocycles. The van der Waals surface area contributed by atoms with Gasteiger partial charge in [0.05, 0.1) is 18.0 Å². The van der Waals surface area contributed by atoms with Crippen molar-refractivity contribution in [2.75, 3.05) is 5.32 Å². The van der Waals surface area contributed by atoms with Gasteiger partial charge in [-0.2, -0.15) is 4.39 Å². The van der Waals surface area contributed by atoms with Crippen molar-refractivity contribution >= 4 is 17.8 Å². The fraction of sp³-hybridized carbons (Fsp3) is 0.0714. The summed E-state index contributed by atoms with van der Waals surface area (Å²) in [5.41, 5.74) is 4.69. The van der Waals surface area contributed by atoms with E-state index in [1.807, 2.05) is 0 Å². The van der Waals surface area contributed by atoms with Gasteiger partial charge >= 0.3 is 6.09 Å². The molecule has 138 valence electrons. The number of rotatable bonds is 4. The van der Waals surface area contributed by atoms with Crippen molar-refractivity contribution in [1.29, 1.82) is 0 Å². The number of aryl methyl sites for hydroxylation is 1. The van der Waals surface area contributed by atoms with Gasteiger partial charge in [-0.25, -0.2) is 28.8 Å². The Labute approximate surface area is 149 Å². The fourth-order valence-electron chi connectivity index (χ4n) is 2.01. The van der Waals surface area contributed by atoms with Gasteiger partial charge in [-0.15, -0.1) is 5.10 Å². The highest BCUT2D eigenvalue weighted by Gasteiger charge is 2.19. The summed E-state index contributed by atoms with van der Waals surface area (Å²) in [6.45, 7) is 0. The number of pyridine rings is 1. The summed E-state index contributed by atoms with van der Waals surface area (Å²) in [7, 11) is 1.47. The number of amides is 2. The quantitative estimate of drug-likeness (QED) is 0.630. The molecule has 0 saturated heterocycles. The monoisotopic (exact) mass is 376 g/mol. The molecule has 3 heterocycles. The van der Waals surface area contributed by atoms with E-state index in [-0.39, 0.29) is 23.1 Å². The first kappa shape index (κ1) is 17.8. The van der Waals surface area contributed by atoms with E-state index in [1.54, 1.807) is 0 Å². The molecule has 0 spiro atoms. The van der Waals surface area contributed by atoms with E-state index in [1.165, 1.54) is 13.2 Å². The molecule has 0 atom stereocenters. The SMILES string of the molecule is Cn1nnc(-c2cnc(NC(=O)c3ccnc(F)c3F)cn2)c1OC(N)=O. The third kappa shape index (κ3) is 3.65. The normalized spacial score (nSPS) is 10.5. The topological polar surface area (TPSA) is 151 Å². The first-order valence-electron chi connectivity index (χ1n) is 7.17. The van der Waals surface area contributed by atoms with Crippen LogP contribution in [0.2, 0.25) is 0 Å². The average Bonchev–Trinajstić information content (AvgIpc) is 2.98. The standard InChI is InChI=1S/C14H10F2N8O3/c1-24-13(27-14(17)26)10(22-23-24)7-4-20-8(5-19-7)21-12(25)6-2-3-18-11(16)9(6)15/h2-5H,1H3,(H2,17,26)(H,20,21,25). The van der Waals surface area contributed by atoms with Crippen LogP contribution in [0.15, 0.2) is 24.7 Å².